The fraction of sp³-hybridized carbons (Fsp3) is 0.333. The number of hydrogen-bond donors (Lipinski definition) is 1. The Kier molecular flexibility index (Phi) is 8.00. The Morgan fingerprint density at radius 3 is 2.39 bits per heavy atom. The molecule has 2 aromatic carbocycles. The van der Waals surface area contributed by atoms with Gasteiger partial charge in [0.25, 0.3) is 5.91 Å². The fourth-order valence-corrected chi connectivity index (χ4v) is 6.60. The van der Waals surface area contributed by atoms with Gasteiger partial charge in [0.2, 0.25) is 0 Å². The van der Waals surface area contributed by atoms with Gasteiger partial charge in [-0.3, -0.25) is 9.78 Å². The average Bonchev–Trinajstić information content (AvgIpc) is 3.28. The van der Waals surface area contributed by atoms with Crippen molar-refractivity contribution in [3.63, 3.8) is 0 Å². The Hall–Kier alpha value is -2.73. The van der Waals surface area contributed by atoms with Crippen molar-refractivity contribution in [3.05, 3.63) is 88.5 Å². The van der Waals surface area contributed by atoms with Crippen molar-refractivity contribution in [1.82, 2.24) is 15.2 Å². The minimum atomic E-state index is 0.0457. The van der Waals surface area contributed by atoms with Crippen LogP contribution in [0.4, 0.5) is 0 Å². The molecule has 4 aromatic rings. The number of aromatic nitrogens is 1. The van der Waals surface area contributed by atoms with Gasteiger partial charge >= 0.3 is 0 Å². The highest BCUT2D eigenvalue weighted by atomic mass is 35.5. The SMILES string of the molecule is CCCNC1CCC(N(Cc2ccc(-c3ccncc3)cc2)C(=O)c2sc3ccccc3c2Cl)CC1. The van der Waals surface area contributed by atoms with Crippen molar-refractivity contribution in [3.8, 4) is 11.1 Å². The lowest BCUT2D eigenvalue weighted by molar-refractivity contribution is 0.0605. The zero-order valence-corrected chi connectivity index (χ0v) is 22.2. The Balaban J connectivity index is 1.40. The van der Waals surface area contributed by atoms with Crippen LogP contribution in [0.3, 0.4) is 0 Å². The summed E-state index contributed by atoms with van der Waals surface area (Å²) in [6.45, 7) is 3.84. The third kappa shape index (κ3) is 5.49. The average molecular weight is 518 g/mol. The standard InChI is InChI=1S/C30H32ClN3OS/c1-2-17-33-24-11-13-25(14-12-24)34(30(35)29-28(31)26-5-3-4-6-27(26)36-29)20-21-7-9-22(10-8-21)23-15-18-32-19-16-23/h3-10,15-16,18-19,24-25,33H,2,11-14,17,20H2,1H3. The number of nitrogens with zero attached hydrogens (tertiary/aromatic N) is 2. The third-order valence-electron chi connectivity index (χ3n) is 7.13. The Labute approximate surface area is 222 Å². The number of amides is 1. The molecule has 186 valence electrons. The van der Waals surface area contributed by atoms with Crippen LogP contribution in [0.2, 0.25) is 5.02 Å². The van der Waals surface area contributed by atoms with Crippen LogP contribution in [-0.4, -0.2) is 34.4 Å². The molecule has 5 rings (SSSR count). The zero-order chi connectivity index (χ0) is 24.9. The van der Waals surface area contributed by atoms with Crippen molar-refractivity contribution in [1.29, 1.82) is 0 Å². The van der Waals surface area contributed by atoms with Crippen molar-refractivity contribution in [2.24, 2.45) is 0 Å². The maximum atomic E-state index is 14.0. The molecule has 1 aliphatic carbocycles. The molecule has 0 atom stereocenters. The first-order valence-corrected chi connectivity index (χ1v) is 14.0. The molecule has 0 radical (unpaired) electrons. The molecule has 1 aliphatic rings. The summed E-state index contributed by atoms with van der Waals surface area (Å²) in [5.74, 6) is 0.0457. The van der Waals surface area contributed by atoms with Gasteiger partial charge in [-0.25, -0.2) is 0 Å². The maximum Gasteiger partial charge on any atom is 0.266 e. The number of carbonyl (C=O) groups excluding carboxylic acids is 1. The summed E-state index contributed by atoms with van der Waals surface area (Å²) in [7, 11) is 0. The summed E-state index contributed by atoms with van der Waals surface area (Å²) < 4.78 is 1.06. The fourth-order valence-electron chi connectivity index (χ4n) is 5.13. The van der Waals surface area contributed by atoms with Gasteiger partial charge in [0.05, 0.1) is 5.02 Å². The predicted molar refractivity (Wildman–Crippen MR) is 151 cm³/mol. The van der Waals surface area contributed by atoms with E-state index in [1.54, 1.807) is 0 Å². The van der Waals surface area contributed by atoms with E-state index in [4.69, 9.17) is 11.6 Å². The smallest absolute Gasteiger partial charge is 0.266 e. The molecule has 36 heavy (non-hydrogen) atoms. The maximum absolute atomic E-state index is 14.0. The molecule has 0 unspecified atom stereocenters. The van der Waals surface area contributed by atoms with Crippen LogP contribution in [0.5, 0.6) is 0 Å². The second-order valence-electron chi connectivity index (χ2n) is 9.57. The van der Waals surface area contributed by atoms with Crippen LogP contribution in [0, 0.1) is 0 Å². The van der Waals surface area contributed by atoms with E-state index in [-0.39, 0.29) is 11.9 Å². The number of thiophene rings is 1. The van der Waals surface area contributed by atoms with Crippen molar-refractivity contribution < 1.29 is 4.79 Å². The molecular weight excluding hydrogens is 486 g/mol. The number of rotatable bonds is 8. The minimum absolute atomic E-state index is 0.0457. The van der Waals surface area contributed by atoms with Crippen LogP contribution < -0.4 is 5.32 Å². The Morgan fingerprint density at radius 2 is 1.69 bits per heavy atom. The number of fused-ring (bicyclic) bond motifs is 1. The summed E-state index contributed by atoms with van der Waals surface area (Å²) in [6.07, 6.45) is 8.96. The van der Waals surface area contributed by atoms with E-state index in [2.05, 4.69) is 46.4 Å². The quantitative estimate of drug-likeness (QED) is 0.262. The number of benzene rings is 2. The molecule has 6 heteroatoms. The van der Waals surface area contributed by atoms with Gasteiger partial charge in [0.15, 0.2) is 0 Å². The topological polar surface area (TPSA) is 45.2 Å². The molecule has 1 saturated carbocycles. The molecule has 1 N–H and O–H groups in total. The number of pyridine rings is 1. The number of carbonyl (C=O) groups is 1. The van der Waals surface area contributed by atoms with E-state index in [0.29, 0.717) is 22.5 Å². The van der Waals surface area contributed by atoms with Gasteiger partial charge in [-0.2, -0.15) is 0 Å². The highest BCUT2D eigenvalue weighted by Gasteiger charge is 2.31. The van der Waals surface area contributed by atoms with Crippen molar-refractivity contribution in [2.45, 2.75) is 57.7 Å². The Morgan fingerprint density at radius 1 is 1.00 bits per heavy atom. The lowest BCUT2D eigenvalue weighted by atomic mass is 9.89. The molecule has 2 heterocycles. The molecule has 4 nitrogen and oxygen atoms in total. The van der Waals surface area contributed by atoms with E-state index in [9.17, 15) is 4.79 Å². The van der Waals surface area contributed by atoms with Gasteiger partial charge in [-0.1, -0.05) is 61.0 Å². The van der Waals surface area contributed by atoms with Crippen LogP contribution in [0.25, 0.3) is 21.2 Å². The molecule has 2 aromatic heterocycles. The summed E-state index contributed by atoms with van der Waals surface area (Å²) in [5, 5.41) is 5.20. The van der Waals surface area contributed by atoms with E-state index in [1.165, 1.54) is 11.3 Å². The van der Waals surface area contributed by atoms with Crippen molar-refractivity contribution in [2.75, 3.05) is 6.54 Å². The van der Waals surface area contributed by atoms with E-state index < -0.39 is 0 Å². The highest BCUT2D eigenvalue weighted by Crippen LogP contribution is 2.37. The number of nitrogens with one attached hydrogen (secondary N) is 1. The van der Waals surface area contributed by atoms with Gasteiger partial charge in [0.1, 0.15) is 4.88 Å². The van der Waals surface area contributed by atoms with Crippen LogP contribution >= 0.6 is 22.9 Å². The van der Waals surface area contributed by atoms with Crippen molar-refractivity contribution >= 4 is 38.9 Å². The largest absolute Gasteiger partial charge is 0.331 e. The third-order valence-corrected chi connectivity index (χ3v) is 8.79. The van der Waals surface area contributed by atoms with Crippen LogP contribution in [-0.2, 0) is 6.54 Å². The van der Waals surface area contributed by atoms with Gasteiger partial charge in [0, 0.05) is 41.1 Å². The summed E-state index contributed by atoms with van der Waals surface area (Å²) in [5.41, 5.74) is 3.41. The van der Waals surface area contributed by atoms with Crippen LogP contribution in [0.1, 0.15) is 54.3 Å². The zero-order valence-electron chi connectivity index (χ0n) is 20.6. The number of halogens is 1. The molecule has 0 spiro atoms. The first kappa shape index (κ1) is 24.9. The predicted octanol–water partition coefficient (Wildman–Crippen LogP) is 7.57. The lowest BCUT2D eigenvalue weighted by Gasteiger charge is -2.37. The number of hydrogen-bond acceptors (Lipinski definition) is 4. The first-order valence-electron chi connectivity index (χ1n) is 12.8. The summed E-state index contributed by atoms with van der Waals surface area (Å²) in [4.78, 5) is 20.9. The Bertz CT molecular complexity index is 1300. The molecule has 0 saturated heterocycles. The summed E-state index contributed by atoms with van der Waals surface area (Å²) >= 11 is 8.26. The highest BCUT2D eigenvalue weighted by molar-refractivity contribution is 7.21. The molecule has 0 aliphatic heterocycles. The molecule has 1 amide bonds. The molecule has 0 bridgehead atoms. The second-order valence-corrected chi connectivity index (χ2v) is 11.0. The second kappa shape index (κ2) is 11.5. The van der Waals surface area contributed by atoms with Gasteiger partial charge in [-0.15, -0.1) is 11.3 Å². The minimum Gasteiger partial charge on any atom is -0.331 e. The van der Waals surface area contributed by atoms with Gasteiger partial charge < -0.3 is 10.2 Å². The van der Waals surface area contributed by atoms with Crippen LogP contribution in [0.15, 0.2) is 73.1 Å². The normalized spacial score (nSPS) is 17.8. The van der Waals surface area contributed by atoms with Gasteiger partial charge in [-0.05, 0) is 73.5 Å². The van der Waals surface area contributed by atoms with E-state index in [0.717, 1.165) is 65.4 Å². The van der Waals surface area contributed by atoms with E-state index >= 15 is 0 Å². The van der Waals surface area contributed by atoms with E-state index in [1.807, 2.05) is 48.8 Å². The summed E-state index contributed by atoms with van der Waals surface area (Å²) in [6, 6.07) is 21.3. The lowest BCUT2D eigenvalue weighted by Crippen LogP contribution is -2.45. The molecule has 1 fully saturated rings. The first-order chi connectivity index (χ1) is 17.6. The monoisotopic (exact) mass is 517 g/mol. The molecular formula is C30H32ClN3OS.